The molecule has 2 aromatic carbocycles. The van der Waals surface area contributed by atoms with Crippen molar-refractivity contribution < 1.29 is 9.72 Å². The fourth-order valence-corrected chi connectivity index (χ4v) is 2.24. The van der Waals surface area contributed by atoms with Gasteiger partial charge in [0.2, 0.25) is 0 Å². The van der Waals surface area contributed by atoms with Gasteiger partial charge in [0.25, 0.3) is 11.6 Å². The molecule has 0 bridgehead atoms. The van der Waals surface area contributed by atoms with E-state index in [1.54, 1.807) is 19.1 Å². The van der Waals surface area contributed by atoms with Gasteiger partial charge in [0.15, 0.2) is 0 Å². The maximum absolute atomic E-state index is 12.0. The molecule has 9 nitrogen and oxygen atoms in total. The Morgan fingerprint density at radius 2 is 1.96 bits per heavy atom. The Bertz CT molecular complexity index is 961. The highest BCUT2D eigenvalue weighted by Gasteiger charge is 2.09. The summed E-state index contributed by atoms with van der Waals surface area (Å²) in [6, 6.07) is 13.3. The number of hydrogen-bond acceptors (Lipinski definition) is 6. The molecule has 1 aromatic heterocycles. The number of hydrazone groups is 1. The van der Waals surface area contributed by atoms with E-state index in [0.29, 0.717) is 16.8 Å². The third kappa shape index (κ3) is 3.66. The summed E-state index contributed by atoms with van der Waals surface area (Å²) in [5.41, 5.74) is 5.13. The van der Waals surface area contributed by atoms with Crippen LogP contribution in [0.15, 0.2) is 53.6 Å². The zero-order valence-electron chi connectivity index (χ0n) is 13.3. The van der Waals surface area contributed by atoms with Crippen LogP contribution in [0.5, 0.6) is 0 Å². The number of hydrogen-bond donors (Lipinski definition) is 1. The molecule has 0 atom stereocenters. The predicted molar refractivity (Wildman–Crippen MR) is 91.0 cm³/mol. The molecule has 0 fully saturated rings. The van der Waals surface area contributed by atoms with Gasteiger partial charge < -0.3 is 0 Å². The van der Waals surface area contributed by atoms with Crippen molar-refractivity contribution in [3.8, 4) is 0 Å². The molecule has 1 N–H and O–H groups in total. The number of nitrogens with one attached hydrogen (secondary N) is 1. The number of amides is 1. The van der Waals surface area contributed by atoms with Gasteiger partial charge in [-0.2, -0.15) is 5.10 Å². The van der Waals surface area contributed by atoms with E-state index in [0.717, 1.165) is 5.52 Å². The molecule has 3 aromatic rings. The highest BCUT2D eigenvalue weighted by Crippen LogP contribution is 2.12. The van der Waals surface area contributed by atoms with E-state index in [1.807, 2.05) is 24.3 Å². The van der Waals surface area contributed by atoms with Crippen molar-refractivity contribution in [2.24, 2.45) is 5.10 Å². The quantitative estimate of drug-likeness (QED) is 0.433. The lowest BCUT2D eigenvalue weighted by Crippen LogP contribution is -2.24. The first-order valence-electron chi connectivity index (χ1n) is 7.41. The monoisotopic (exact) mass is 338 g/mol. The van der Waals surface area contributed by atoms with Crippen LogP contribution in [0.4, 0.5) is 5.69 Å². The van der Waals surface area contributed by atoms with Crippen LogP contribution >= 0.6 is 0 Å². The van der Waals surface area contributed by atoms with Crippen molar-refractivity contribution in [3.63, 3.8) is 0 Å². The maximum atomic E-state index is 12.0. The van der Waals surface area contributed by atoms with Gasteiger partial charge in [0.05, 0.1) is 16.2 Å². The number of nitrogens with zero attached hydrogens (tertiary/aromatic N) is 5. The van der Waals surface area contributed by atoms with E-state index in [-0.39, 0.29) is 18.1 Å². The summed E-state index contributed by atoms with van der Waals surface area (Å²) in [4.78, 5) is 22.2. The lowest BCUT2D eigenvalue weighted by atomic mass is 10.1. The number of fused-ring (bicyclic) bond motifs is 1. The summed E-state index contributed by atoms with van der Waals surface area (Å²) in [6.45, 7) is 1.68. The molecule has 1 heterocycles. The van der Waals surface area contributed by atoms with Gasteiger partial charge in [-0.15, -0.1) is 5.10 Å². The molecule has 1 amide bonds. The molecular weight excluding hydrogens is 324 g/mol. The van der Waals surface area contributed by atoms with Crippen molar-refractivity contribution >= 4 is 28.3 Å². The van der Waals surface area contributed by atoms with Gasteiger partial charge in [0.1, 0.15) is 12.1 Å². The normalized spacial score (nSPS) is 11.5. The van der Waals surface area contributed by atoms with Crippen LogP contribution in [0, 0.1) is 10.1 Å². The Labute approximate surface area is 142 Å². The van der Waals surface area contributed by atoms with Gasteiger partial charge in [-0.25, -0.2) is 10.1 Å². The lowest BCUT2D eigenvalue weighted by Gasteiger charge is -2.04. The average Bonchev–Trinajstić information content (AvgIpc) is 3.03. The molecule has 0 aliphatic carbocycles. The predicted octanol–water partition coefficient (Wildman–Crippen LogP) is 1.88. The maximum Gasteiger partial charge on any atom is 0.269 e. The Morgan fingerprint density at radius 3 is 2.68 bits per heavy atom. The SMILES string of the molecule is C/C(=N\NC(=O)Cn1nnc2ccccc21)c1ccc([N+](=O)[O-])cc1. The summed E-state index contributed by atoms with van der Waals surface area (Å²) in [5.74, 6) is -0.350. The van der Waals surface area contributed by atoms with Gasteiger partial charge in [-0.3, -0.25) is 14.9 Å². The van der Waals surface area contributed by atoms with Crippen LogP contribution in [-0.4, -0.2) is 31.5 Å². The molecule has 0 saturated heterocycles. The number of aromatic nitrogens is 3. The molecule has 0 spiro atoms. The first kappa shape index (κ1) is 16.2. The molecule has 9 heteroatoms. The molecule has 126 valence electrons. The highest BCUT2D eigenvalue weighted by molar-refractivity contribution is 5.99. The van der Waals surface area contributed by atoms with Gasteiger partial charge >= 0.3 is 0 Å². The number of para-hydroxylation sites is 1. The van der Waals surface area contributed by atoms with Gasteiger partial charge in [-0.05, 0) is 36.8 Å². The highest BCUT2D eigenvalue weighted by atomic mass is 16.6. The summed E-state index contributed by atoms with van der Waals surface area (Å²) in [7, 11) is 0. The third-order valence-electron chi connectivity index (χ3n) is 3.56. The number of nitro benzene ring substituents is 1. The minimum Gasteiger partial charge on any atom is -0.271 e. The van der Waals surface area contributed by atoms with E-state index < -0.39 is 4.92 Å². The number of nitro groups is 1. The minimum absolute atomic E-state index is 0.00125. The molecule has 0 aliphatic heterocycles. The van der Waals surface area contributed by atoms with Gasteiger partial charge in [0, 0.05) is 12.1 Å². The first-order chi connectivity index (χ1) is 12.0. The topological polar surface area (TPSA) is 115 Å². The minimum atomic E-state index is -0.472. The Kier molecular flexibility index (Phi) is 4.46. The van der Waals surface area contributed by atoms with Crippen molar-refractivity contribution in [1.82, 2.24) is 20.4 Å². The van der Waals surface area contributed by atoms with Crippen LogP contribution < -0.4 is 5.43 Å². The summed E-state index contributed by atoms with van der Waals surface area (Å²) in [5, 5.41) is 22.6. The molecule has 0 radical (unpaired) electrons. The smallest absolute Gasteiger partial charge is 0.269 e. The average molecular weight is 338 g/mol. The number of carbonyl (C=O) groups excluding carboxylic acids is 1. The van der Waals surface area contributed by atoms with Crippen molar-refractivity contribution in [2.45, 2.75) is 13.5 Å². The van der Waals surface area contributed by atoms with E-state index in [1.165, 1.54) is 16.8 Å². The van der Waals surface area contributed by atoms with Crippen LogP contribution in [0.1, 0.15) is 12.5 Å². The molecule has 0 aliphatic rings. The van der Waals surface area contributed by atoms with E-state index in [2.05, 4.69) is 20.8 Å². The third-order valence-corrected chi connectivity index (χ3v) is 3.56. The standard InChI is InChI=1S/C16H14N6O3/c1-11(12-6-8-13(9-7-12)22(24)25)17-19-16(23)10-21-15-5-3-2-4-14(15)18-20-21/h2-9H,10H2,1H3,(H,19,23)/b17-11+. The number of rotatable bonds is 5. The first-order valence-corrected chi connectivity index (χ1v) is 7.41. The zero-order chi connectivity index (χ0) is 17.8. The Hall–Kier alpha value is -3.62. The van der Waals surface area contributed by atoms with E-state index in [4.69, 9.17) is 0 Å². The molecule has 25 heavy (non-hydrogen) atoms. The van der Waals surface area contributed by atoms with Crippen LogP contribution in [0.2, 0.25) is 0 Å². The molecular formula is C16H14N6O3. The largest absolute Gasteiger partial charge is 0.271 e. The Balaban J connectivity index is 1.66. The van der Waals surface area contributed by atoms with Crippen LogP contribution in [0.25, 0.3) is 11.0 Å². The van der Waals surface area contributed by atoms with E-state index in [9.17, 15) is 14.9 Å². The van der Waals surface area contributed by atoms with Crippen molar-refractivity contribution in [1.29, 1.82) is 0 Å². The summed E-state index contributed by atoms with van der Waals surface area (Å²) >= 11 is 0. The fourth-order valence-electron chi connectivity index (χ4n) is 2.24. The molecule has 0 saturated carbocycles. The van der Waals surface area contributed by atoms with Gasteiger partial charge in [-0.1, -0.05) is 17.3 Å². The Morgan fingerprint density at radius 1 is 1.24 bits per heavy atom. The van der Waals surface area contributed by atoms with Crippen molar-refractivity contribution in [2.75, 3.05) is 0 Å². The second-order valence-corrected chi connectivity index (χ2v) is 5.27. The van der Waals surface area contributed by atoms with Crippen molar-refractivity contribution in [3.05, 3.63) is 64.2 Å². The number of carbonyl (C=O) groups is 1. The molecule has 0 unspecified atom stereocenters. The second kappa shape index (κ2) is 6.87. The number of non-ortho nitro benzene ring substituents is 1. The number of benzene rings is 2. The van der Waals surface area contributed by atoms with E-state index >= 15 is 0 Å². The second-order valence-electron chi connectivity index (χ2n) is 5.27. The zero-order valence-corrected chi connectivity index (χ0v) is 13.3. The summed E-state index contributed by atoms with van der Waals surface area (Å²) in [6.07, 6.45) is 0. The fraction of sp³-hybridized carbons (Fsp3) is 0.125. The van der Waals surface area contributed by atoms with Crippen LogP contribution in [-0.2, 0) is 11.3 Å². The molecule has 3 rings (SSSR count). The van der Waals surface area contributed by atoms with Crippen LogP contribution in [0.3, 0.4) is 0 Å². The lowest BCUT2D eigenvalue weighted by molar-refractivity contribution is -0.384. The summed E-state index contributed by atoms with van der Waals surface area (Å²) < 4.78 is 1.49.